The van der Waals surface area contributed by atoms with Crippen LogP contribution >= 0.6 is 23.8 Å². The Morgan fingerprint density at radius 3 is 2.47 bits per heavy atom. The van der Waals surface area contributed by atoms with Gasteiger partial charge in [0.25, 0.3) is 5.91 Å². The first-order valence-electron chi connectivity index (χ1n) is 5.48. The zero-order valence-corrected chi connectivity index (χ0v) is 11.4. The maximum absolute atomic E-state index is 12.0. The van der Waals surface area contributed by atoms with E-state index in [-0.39, 0.29) is 16.0 Å². The number of halogens is 1. The van der Waals surface area contributed by atoms with E-state index in [1.165, 1.54) is 12.1 Å². The molecule has 98 valence electrons. The molecule has 1 atom stereocenters. The summed E-state index contributed by atoms with van der Waals surface area (Å²) in [6.45, 7) is 0. The Bertz CT molecular complexity index is 598. The van der Waals surface area contributed by atoms with Crippen LogP contribution in [0.1, 0.15) is 22.2 Å². The highest BCUT2D eigenvalue weighted by Gasteiger charge is 2.19. The Morgan fingerprint density at radius 2 is 1.95 bits per heavy atom. The van der Waals surface area contributed by atoms with Crippen LogP contribution in [0.25, 0.3) is 0 Å². The molecule has 0 aliphatic rings. The number of carbonyl (C=O) groups excluding carboxylic acids is 1. The smallest absolute Gasteiger partial charge is 0.287 e. The summed E-state index contributed by atoms with van der Waals surface area (Å²) in [6.07, 6.45) is 0. The quantitative estimate of drug-likeness (QED) is 0.851. The first kappa shape index (κ1) is 13.6. The summed E-state index contributed by atoms with van der Waals surface area (Å²) in [4.78, 5) is 12.1. The second kappa shape index (κ2) is 5.86. The van der Waals surface area contributed by atoms with E-state index in [4.69, 9.17) is 34.0 Å². The van der Waals surface area contributed by atoms with Gasteiger partial charge in [0.05, 0.1) is 0 Å². The fourth-order valence-corrected chi connectivity index (χ4v) is 1.94. The zero-order chi connectivity index (χ0) is 13.8. The van der Waals surface area contributed by atoms with Gasteiger partial charge in [-0.1, -0.05) is 42.5 Å². The van der Waals surface area contributed by atoms with Crippen molar-refractivity contribution in [1.82, 2.24) is 5.32 Å². The van der Waals surface area contributed by atoms with E-state index in [1.54, 1.807) is 0 Å². The van der Waals surface area contributed by atoms with E-state index in [9.17, 15) is 4.79 Å². The Kier molecular flexibility index (Phi) is 4.19. The average molecular weight is 295 g/mol. The molecule has 1 aromatic heterocycles. The second-order valence-electron chi connectivity index (χ2n) is 3.82. The van der Waals surface area contributed by atoms with Crippen molar-refractivity contribution in [1.29, 1.82) is 0 Å². The summed E-state index contributed by atoms with van der Waals surface area (Å²) < 4.78 is 5.03. The summed E-state index contributed by atoms with van der Waals surface area (Å²) in [5, 5.41) is 2.85. The molecule has 0 bridgehead atoms. The molecule has 4 nitrogen and oxygen atoms in total. The molecule has 0 aliphatic heterocycles. The lowest BCUT2D eigenvalue weighted by atomic mass is 10.1. The molecule has 6 heteroatoms. The third-order valence-electron chi connectivity index (χ3n) is 2.49. The van der Waals surface area contributed by atoms with Crippen LogP contribution in [0.5, 0.6) is 0 Å². The van der Waals surface area contributed by atoms with Gasteiger partial charge in [-0.15, -0.1) is 0 Å². The maximum Gasteiger partial charge on any atom is 0.287 e. The molecular formula is C13H11ClN2O2S. The molecule has 0 saturated carbocycles. The number of nitrogens with two attached hydrogens (primary N) is 1. The number of rotatable bonds is 4. The lowest BCUT2D eigenvalue weighted by molar-refractivity contribution is 0.0919. The van der Waals surface area contributed by atoms with Crippen LogP contribution in [0.2, 0.25) is 5.22 Å². The lowest BCUT2D eigenvalue weighted by Gasteiger charge is -2.17. The largest absolute Gasteiger partial charge is 0.440 e. The number of hydrogen-bond donors (Lipinski definition) is 2. The summed E-state index contributed by atoms with van der Waals surface area (Å²) in [5.41, 5.74) is 6.47. The number of carbonyl (C=O) groups is 1. The third kappa shape index (κ3) is 3.33. The Hall–Kier alpha value is -1.85. The van der Waals surface area contributed by atoms with Crippen molar-refractivity contribution in [2.45, 2.75) is 6.04 Å². The van der Waals surface area contributed by atoms with Gasteiger partial charge < -0.3 is 15.5 Å². The average Bonchev–Trinajstić information content (AvgIpc) is 2.83. The van der Waals surface area contributed by atoms with E-state index in [0.29, 0.717) is 0 Å². The summed E-state index contributed by atoms with van der Waals surface area (Å²) >= 11 is 10.6. The molecule has 0 radical (unpaired) electrons. The van der Waals surface area contributed by atoms with Crippen LogP contribution in [0.15, 0.2) is 46.9 Å². The van der Waals surface area contributed by atoms with E-state index in [1.807, 2.05) is 30.3 Å². The Labute approximate surface area is 120 Å². The van der Waals surface area contributed by atoms with Gasteiger partial charge in [-0.3, -0.25) is 4.79 Å². The van der Waals surface area contributed by atoms with Crippen molar-refractivity contribution < 1.29 is 9.21 Å². The molecule has 3 N–H and O–H groups in total. The molecule has 0 fully saturated rings. The molecule has 0 spiro atoms. The van der Waals surface area contributed by atoms with Crippen molar-refractivity contribution in [3.8, 4) is 0 Å². The van der Waals surface area contributed by atoms with Gasteiger partial charge >= 0.3 is 0 Å². The van der Waals surface area contributed by atoms with Crippen molar-refractivity contribution in [3.05, 3.63) is 59.0 Å². The SMILES string of the molecule is NC(=S)C(NC(=O)c1ccc(Cl)o1)c1ccccc1. The highest BCUT2D eigenvalue weighted by atomic mass is 35.5. The standard InChI is InChI=1S/C13H11ClN2O2S/c14-10-7-6-9(18-10)13(17)16-11(12(15)19)8-4-2-1-3-5-8/h1-7,11H,(H2,15,19)(H,16,17). The molecule has 1 unspecified atom stereocenters. The van der Waals surface area contributed by atoms with Crippen LogP contribution in [0.3, 0.4) is 0 Å². The normalized spacial score (nSPS) is 11.8. The van der Waals surface area contributed by atoms with Crippen LogP contribution in [0.4, 0.5) is 0 Å². The lowest BCUT2D eigenvalue weighted by Crippen LogP contribution is -2.36. The van der Waals surface area contributed by atoms with Gasteiger partial charge in [0, 0.05) is 0 Å². The van der Waals surface area contributed by atoms with Crippen molar-refractivity contribution in [3.63, 3.8) is 0 Å². The number of benzene rings is 1. The van der Waals surface area contributed by atoms with Crippen LogP contribution in [0, 0.1) is 0 Å². The fraction of sp³-hybridized carbons (Fsp3) is 0.0769. The molecule has 1 heterocycles. The predicted molar refractivity (Wildman–Crippen MR) is 77.2 cm³/mol. The minimum Gasteiger partial charge on any atom is -0.440 e. The number of thiocarbonyl (C=S) groups is 1. The van der Waals surface area contributed by atoms with E-state index >= 15 is 0 Å². The fourth-order valence-electron chi connectivity index (χ4n) is 1.60. The molecule has 0 aliphatic carbocycles. The van der Waals surface area contributed by atoms with Crippen LogP contribution in [-0.4, -0.2) is 10.9 Å². The van der Waals surface area contributed by atoms with Crippen LogP contribution < -0.4 is 11.1 Å². The molecular weight excluding hydrogens is 284 g/mol. The minimum atomic E-state index is -0.549. The minimum absolute atomic E-state index is 0.113. The third-order valence-corrected chi connectivity index (χ3v) is 2.93. The van der Waals surface area contributed by atoms with Gasteiger partial charge in [0.1, 0.15) is 11.0 Å². The van der Waals surface area contributed by atoms with Gasteiger partial charge in [-0.25, -0.2) is 0 Å². The number of furan rings is 1. The Morgan fingerprint density at radius 1 is 1.26 bits per heavy atom. The second-order valence-corrected chi connectivity index (χ2v) is 4.67. The first-order chi connectivity index (χ1) is 9.08. The summed E-state index contributed by atoms with van der Waals surface area (Å²) in [5.74, 6) is -0.310. The first-order valence-corrected chi connectivity index (χ1v) is 6.27. The van der Waals surface area contributed by atoms with E-state index in [0.717, 1.165) is 5.56 Å². The van der Waals surface area contributed by atoms with Gasteiger partial charge in [-0.2, -0.15) is 0 Å². The maximum atomic E-state index is 12.0. The zero-order valence-electron chi connectivity index (χ0n) is 9.80. The predicted octanol–water partition coefficient (Wildman–Crippen LogP) is 2.69. The molecule has 19 heavy (non-hydrogen) atoms. The van der Waals surface area contributed by atoms with Crippen molar-refractivity contribution in [2.24, 2.45) is 5.73 Å². The molecule has 0 saturated heterocycles. The van der Waals surface area contributed by atoms with Gasteiger partial charge in [-0.05, 0) is 29.3 Å². The number of hydrogen-bond acceptors (Lipinski definition) is 3. The van der Waals surface area contributed by atoms with Crippen molar-refractivity contribution in [2.75, 3.05) is 0 Å². The molecule has 1 aromatic carbocycles. The van der Waals surface area contributed by atoms with Crippen LogP contribution in [-0.2, 0) is 0 Å². The van der Waals surface area contributed by atoms with Gasteiger partial charge in [0.15, 0.2) is 11.0 Å². The highest BCUT2D eigenvalue weighted by molar-refractivity contribution is 7.80. The topological polar surface area (TPSA) is 68.3 Å². The molecule has 2 rings (SSSR count). The molecule has 1 amide bonds. The molecule has 2 aromatic rings. The number of amides is 1. The summed E-state index contributed by atoms with van der Waals surface area (Å²) in [7, 11) is 0. The van der Waals surface area contributed by atoms with E-state index in [2.05, 4.69) is 5.32 Å². The van der Waals surface area contributed by atoms with E-state index < -0.39 is 11.9 Å². The van der Waals surface area contributed by atoms with Crippen molar-refractivity contribution >= 4 is 34.7 Å². The summed E-state index contributed by atoms with van der Waals surface area (Å²) in [6, 6.07) is 11.7. The Balaban J connectivity index is 2.18. The van der Waals surface area contributed by atoms with Gasteiger partial charge in [0.2, 0.25) is 0 Å². The highest BCUT2D eigenvalue weighted by Crippen LogP contribution is 2.16. The number of nitrogens with one attached hydrogen (secondary N) is 1. The monoisotopic (exact) mass is 294 g/mol.